The van der Waals surface area contributed by atoms with E-state index in [2.05, 4.69) is 52.4 Å². The fourth-order valence-electron chi connectivity index (χ4n) is 3.28. The Hall–Kier alpha value is -2.18. The van der Waals surface area contributed by atoms with Gasteiger partial charge in [0, 0.05) is 24.2 Å². The zero-order valence-corrected chi connectivity index (χ0v) is 16.1. The lowest BCUT2D eigenvalue weighted by molar-refractivity contribution is 0.341. The van der Waals surface area contributed by atoms with Gasteiger partial charge in [0.15, 0.2) is 0 Å². The van der Waals surface area contributed by atoms with Gasteiger partial charge in [0.25, 0.3) is 0 Å². The van der Waals surface area contributed by atoms with Crippen LogP contribution in [0.2, 0.25) is 0 Å². The standard InChI is InChI=1S/C20H24N4OS/c1-3-25-17-7-6-14-12-16(5-4-15(14)13-17)18-22-23-19(26-18)24-10-8-20(2,21)9-11-24/h4-7,12-13H,3,8-11,21H2,1-2H3. The molecule has 0 amide bonds. The second-order valence-electron chi connectivity index (χ2n) is 7.19. The molecule has 1 aromatic heterocycles. The summed E-state index contributed by atoms with van der Waals surface area (Å²) in [6.45, 7) is 6.69. The highest BCUT2D eigenvalue weighted by Crippen LogP contribution is 2.33. The Kier molecular flexibility index (Phi) is 4.54. The number of piperidine rings is 1. The van der Waals surface area contributed by atoms with Crippen molar-refractivity contribution in [2.75, 3.05) is 24.6 Å². The topological polar surface area (TPSA) is 64.3 Å². The number of fused-ring (bicyclic) bond motifs is 1. The zero-order chi connectivity index (χ0) is 18.1. The molecule has 4 rings (SSSR count). The highest BCUT2D eigenvalue weighted by molar-refractivity contribution is 7.18. The third-order valence-electron chi connectivity index (χ3n) is 4.96. The Bertz CT molecular complexity index is 911. The molecule has 5 nitrogen and oxygen atoms in total. The molecule has 1 saturated heterocycles. The molecule has 1 fully saturated rings. The molecule has 0 radical (unpaired) electrons. The SMILES string of the molecule is CCOc1ccc2cc(-c3nnc(N4CCC(C)(N)CC4)s3)ccc2c1. The van der Waals surface area contributed by atoms with Crippen molar-refractivity contribution in [3.8, 4) is 16.3 Å². The van der Waals surface area contributed by atoms with Crippen molar-refractivity contribution >= 4 is 27.2 Å². The van der Waals surface area contributed by atoms with E-state index in [-0.39, 0.29) is 5.54 Å². The number of ether oxygens (including phenoxy) is 1. The highest BCUT2D eigenvalue weighted by atomic mass is 32.1. The van der Waals surface area contributed by atoms with Crippen molar-refractivity contribution < 1.29 is 4.74 Å². The van der Waals surface area contributed by atoms with Crippen LogP contribution in [0.15, 0.2) is 36.4 Å². The van der Waals surface area contributed by atoms with Gasteiger partial charge in [-0.2, -0.15) is 0 Å². The zero-order valence-electron chi connectivity index (χ0n) is 15.2. The maximum atomic E-state index is 6.23. The highest BCUT2D eigenvalue weighted by Gasteiger charge is 2.27. The van der Waals surface area contributed by atoms with E-state index >= 15 is 0 Å². The summed E-state index contributed by atoms with van der Waals surface area (Å²) in [6.07, 6.45) is 1.97. The molecule has 26 heavy (non-hydrogen) atoms. The molecule has 0 bridgehead atoms. The molecule has 0 spiro atoms. The molecule has 1 aliphatic heterocycles. The predicted octanol–water partition coefficient (Wildman–Crippen LogP) is 4.07. The average molecular weight is 369 g/mol. The Balaban J connectivity index is 1.56. The number of hydrogen-bond donors (Lipinski definition) is 1. The van der Waals surface area contributed by atoms with Crippen LogP contribution in [0.1, 0.15) is 26.7 Å². The van der Waals surface area contributed by atoms with Crippen LogP contribution >= 0.6 is 11.3 Å². The lowest BCUT2D eigenvalue weighted by Crippen LogP contribution is -2.48. The fraction of sp³-hybridized carbons (Fsp3) is 0.400. The first-order valence-corrected chi connectivity index (χ1v) is 9.90. The second-order valence-corrected chi connectivity index (χ2v) is 8.14. The van der Waals surface area contributed by atoms with Gasteiger partial charge < -0.3 is 15.4 Å². The normalized spacial score (nSPS) is 16.8. The number of aromatic nitrogens is 2. The summed E-state index contributed by atoms with van der Waals surface area (Å²) in [5, 5.41) is 13.1. The monoisotopic (exact) mass is 368 g/mol. The number of anilines is 1. The maximum Gasteiger partial charge on any atom is 0.208 e. The lowest BCUT2D eigenvalue weighted by Gasteiger charge is -2.36. The van der Waals surface area contributed by atoms with Crippen molar-refractivity contribution in [2.45, 2.75) is 32.2 Å². The first-order chi connectivity index (χ1) is 12.5. The molecule has 0 aliphatic carbocycles. The molecule has 2 aromatic carbocycles. The number of rotatable bonds is 4. The minimum absolute atomic E-state index is 0.0529. The van der Waals surface area contributed by atoms with Gasteiger partial charge in [0.2, 0.25) is 5.13 Å². The molecule has 6 heteroatoms. The van der Waals surface area contributed by atoms with Crippen molar-refractivity contribution in [3.63, 3.8) is 0 Å². The van der Waals surface area contributed by atoms with E-state index in [1.54, 1.807) is 11.3 Å². The van der Waals surface area contributed by atoms with E-state index in [4.69, 9.17) is 10.5 Å². The van der Waals surface area contributed by atoms with Crippen LogP contribution in [0, 0.1) is 0 Å². The van der Waals surface area contributed by atoms with Gasteiger partial charge in [-0.1, -0.05) is 29.5 Å². The van der Waals surface area contributed by atoms with Gasteiger partial charge in [-0.25, -0.2) is 0 Å². The Labute approximate surface area is 157 Å². The summed E-state index contributed by atoms with van der Waals surface area (Å²) in [7, 11) is 0. The van der Waals surface area contributed by atoms with E-state index in [0.29, 0.717) is 6.61 Å². The van der Waals surface area contributed by atoms with Crippen LogP contribution in [0.25, 0.3) is 21.3 Å². The molecule has 0 unspecified atom stereocenters. The minimum Gasteiger partial charge on any atom is -0.494 e. The smallest absolute Gasteiger partial charge is 0.208 e. The van der Waals surface area contributed by atoms with Crippen LogP contribution in [-0.2, 0) is 0 Å². The summed E-state index contributed by atoms with van der Waals surface area (Å²) in [5.41, 5.74) is 7.28. The Morgan fingerprint density at radius 3 is 2.62 bits per heavy atom. The third-order valence-corrected chi connectivity index (χ3v) is 5.99. The van der Waals surface area contributed by atoms with Crippen LogP contribution in [0.4, 0.5) is 5.13 Å². The van der Waals surface area contributed by atoms with Crippen LogP contribution in [-0.4, -0.2) is 35.4 Å². The lowest BCUT2D eigenvalue weighted by atomic mass is 9.91. The van der Waals surface area contributed by atoms with E-state index in [0.717, 1.165) is 47.4 Å². The molecule has 3 aromatic rings. The van der Waals surface area contributed by atoms with E-state index in [1.165, 1.54) is 10.8 Å². The van der Waals surface area contributed by atoms with Crippen molar-refractivity contribution in [1.82, 2.24) is 10.2 Å². The molecule has 0 saturated carbocycles. The molecule has 0 atom stereocenters. The number of nitrogens with zero attached hydrogens (tertiary/aromatic N) is 3. The van der Waals surface area contributed by atoms with Gasteiger partial charge in [-0.3, -0.25) is 0 Å². The van der Waals surface area contributed by atoms with Gasteiger partial charge in [0.1, 0.15) is 10.8 Å². The Morgan fingerprint density at radius 1 is 1.12 bits per heavy atom. The van der Waals surface area contributed by atoms with E-state index < -0.39 is 0 Å². The van der Waals surface area contributed by atoms with Gasteiger partial charge in [-0.15, -0.1) is 10.2 Å². The summed E-state index contributed by atoms with van der Waals surface area (Å²) < 4.78 is 5.58. The third kappa shape index (κ3) is 3.52. The van der Waals surface area contributed by atoms with Gasteiger partial charge in [0.05, 0.1) is 6.61 Å². The molecular formula is C20H24N4OS. The quantitative estimate of drug-likeness (QED) is 0.752. The molecule has 2 N–H and O–H groups in total. The summed E-state index contributed by atoms with van der Waals surface area (Å²) in [5.74, 6) is 0.906. The van der Waals surface area contributed by atoms with Crippen molar-refractivity contribution in [2.24, 2.45) is 5.73 Å². The van der Waals surface area contributed by atoms with E-state index in [1.807, 2.05) is 13.0 Å². The number of benzene rings is 2. The minimum atomic E-state index is -0.0529. The van der Waals surface area contributed by atoms with Gasteiger partial charge >= 0.3 is 0 Å². The fourth-order valence-corrected chi connectivity index (χ4v) is 4.17. The maximum absolute atomic E-state index is 6.23. The Morgan fingerprint density at radius 2 is 1.85 bits per heavy atom. The number of hydrogen-bond acceptors (Lipinski definition) is 6. The molecular weight excluding hydrogens is 344 g/mol. The van der Waals surface area contributed by atoms with Crippen LogP contribution in [0.3, 0.4) is 0 Å². The van der Waals surface area contributed by atoms with Crippen LogP contribution < -0.4 is 15.4 Å². The van der Waals surface area contributed by atoms with E-state index in [9.17, 15) is 0 Å². The van der Waals surface area contributed by atoms with Crippen molar-refractivity contribution in [3.05, 3.63) is 36.4 Å². The van der Waals surface area contributed by atoms with Crippen LogP contribution in [0.5, 0.6) is 5.75 Å². The first-order valence-electron chi connectivity index (χ1n) is 9.08. The van der Waals surface area contributed by atoms with Crippen molar-refractivity contribution in [1.29, 1.82) is 0 Å². The summed E-state index contributed by atoms with van der Waals surface area (Å²) in [6, 6.07) is 12.6. The number of nitrogens with two attached hydrogens (primary N) is 1. The molecule has 136 valence electrons. The first kappa shape index (κ1) is 17.2. The predicted molar refractivity (Wildman–Crippen MR) is 108 cm³/mol. The second kappa shape index (κ2) is 6.85. The molecule has 2 heterocycles. The van der Waals surface area contributed by atoms with Gasteiger partial charge in [-0.05, 0) is 55.7 Å². The largest absolute Gasteiger partial charge is 0.494 e. The molecule has 1 aliphatic rings. The summed E-state index contributed by atoms with van der Waals surface area (Å²) in [4.78, 5) is 2.30. The average Bonchev–Trinajstić information content (AvgIpc) is 3.11. The summed E-state index contributed by atoms with van der Waals surface area (Å²) >= 11 is 1.65.